The van der Waals surface area contributed by atoms with E-state index in [1.807, 2.05) is 12.1 Å². The molecule has 0 heterocycles. The van der Waals surface area contributed by atoms with E-state index in [2.05, 4.69) is 5.32 Å². The molecule has 0 saturated heterocycles. The standard InChI is InChI=1S/C14H21NO4/c1-18-9-11-3-5-12(6-4-11)14(17)15-8-7-13(16)10-19-2/h3-6,13,16H,7-10H2,1-2H3,(H,15,17). The van der Waals surface area contributed by atoms with Crippen LogP contribution in [0.15, 0.2) is 24.3 Å². The van der Waals surface area contributed by atoms with Gasteiger partial charge in [-0.05, 0) is 24.1 Å². The van der Waals surface area contributed by atoms with Crippen molar-refractivity contribution in [2.45, 2.75) is 19.1 Å². The molecule has 1 amide bonds. The highest BCUT2D eigenvalue weighted by Gasteiger charge is 2.07. The fourth-order valence-electron chi connectivity index (χ4n) is 1.65. The fourth-order valence-corrected chi connectivity index (χ4v) is 1.65. The van der Waals surface area contributed by atoms with E-state index < -0.39 is 6.10 Å². The Kier molecular flexibility index (Phi) is 7.10. The maximum absolute atomic E-state index is 11.8. The first-order chi connectivity index (χ1) is 9.17. The van der Waals surface area contributed by atoms with E-state index in [4.69, 9.17) is 9.47 Å². The van der Waals surface area contributed by atoms with Crippen LogP contribution in [0.5, 0.6) is 0 Å². The van der Waals surface area contributed by atoms with Crippen LogP contribution >= 0.6 is 0 Å². The van der Waals surface area contributed by atoms with Gasteiger partial charge in [0, 0.05) is 26.3 Å². The SMILES string of the molecule is COCc1ccc(C(=O)NCCC(O)COC)cc1. The van der Waals surface area contributed by atoms with Gasteiger partial charge in [0.15, 0.2) is 0 Å². The maximum Gasteiger partial charge on any atom is 0.251 e. The van der Waals surface area contributed by atoms with Gasteiger partial charge in [-0.3, -0.25) is 4.79 Å². The molecule has 0 saturated carbocycles. The van der Waals surface area contributed by atoms with Crippen LogP contribution < -0.4 is 5.32 Å². The van der Waals surface area contributed by atoms with Gasteiger partial charge in [-0.15, -0.1) is 0 Å². The zero-order chi connectivity index (χ0) is 14.1. The molecule has 106 valence electrons. The van der Waals surface area contributed by atoms with Gasteiger partial charge in [0.25, 0.3) is 5.91 Å². The molecule has 0 aliphatic heterocycles. The Morgan fingerprint density at radius 1 is 1.26 bits per heavy atom. The molecular weight excluding hydrogens is 246 g/mol. The lowest BCUT2D eigenvalue weighted by Crippen LogP contribution is -2.28. The number of carbonyl (C=O) groups excluding carboxylic acids is 1. The van der Waals surface area contributed by atoms with Gasteiger partial charge in [0.05, 0.1) is 19.3 Å². The van der Waals surface area contributed by atoms with Crippen LogP contribution in [-0.2, 0) is 16.1 Å². The summed E-state index contributed by atoms with van der Waals surface area (Å²) in [6.07, 6.45) is -0.0733. The average Bonchev–Trinajstić information content (AvgIpc) is 2.40. The molecule has 0 fully saturated rings. The molecule has 1 atom stereocenters. The van der Waals surface area contributed by atoms with Gasteiger partial charge in [-0.2, -0.15) is 0 Å². The summed E-state index contributed by atoms with van der Waals surface area (Å²) >= 11 is 0. The first kappa shape index (κ1) is 15.6. The molecule has 0 bridgehead atoms. The summed E-state index contributed by atoms with van der Waals surface area (Å²) in [5.41, 5.74) is 1.62. The summed E-state index contributed by atoms with van der Waals surface area (Å²) in [7, 11) is 3.16. The third-order valence-electron chi connectivity index (χ3n) is 2.65. The van der Waals surface area contributed by atoms with Gasteiger partial charge < -0.3 is 19.9 Å². The van der Waals surface area contributed by atoms with E-state index >= 15 is 0 Å². The second-order valence-electron chi connectivity index (χ2n) is 4.28. The monoisotopic (exact) mass is 267 g/mol. The number of carbonyl (C=O) groups is 1. The smallest absolute Gasteiger partial charge is 0.251 e. The Morgan fingerprint density at radius 3 is 2.53 bits per heavy atom. The predicted octanol–water partition coefficient (Wildman–Crippen LogP) is 0.960. The molecule has 5 heteroatoms. The van der Waals surface area contributed by atoms with Gasteiger partial charge >= 0.3 is 0 Å². The van der Waals surface area contributed by atoms with Gasteiger partial charge in [0.1, 0.15) is 0 Å². The van der Waals surface area contributed by atoms with E-state index in [0.29, 0.717) is 25.1 Å². The third-order valence-corrected chi connectivity index (χ3v) is 2.65. The van der Waals surface area contributed by atoms with E-state index in [9.17, 15) is 9.90 Å². The third kappa shape index (κ3) is 5.83. The predicted molar refractivity (Wildman–Crippen MR) is 72.0 cm³/mol. The summed E-state index contributed by atoms with van der Waals surface area (Å²) < 4.78 is 9.81. The molecule has 0 aromatic heterocycles. The lowest BCUT2D eigenvalue weighted by atomic mass is 10.1. The number of aliphatic hydroxyl groups is 1. The zero-order valence-corrected chi connectivity index (χ0v) is 11.4. The Labute approximate surface area is 113 Å². The largest absolute Gasteiger partial charge is 0.391 e. The van der Waals surface area contributed by atoms with E-state index in [0.717, 1.165) is 5.56 Å². The van der Waals surface area contributed by atoms with Crippen LogP contribution in [0, 0.1) is 0 Å². The van der Waals surface area contributed by atoms with Crippen molar-refractivity contribution in [3.8, 4) is 0 Å². The molecule has 1 rings (SSSR count). The van der Waals surface area contributed by atoms with Crippen molar-refractivity contribution in [3.05, 3.63) is 35.4 Å². The van der Waals surface area contributed by atoms with Crippen LogP contribution in [0.25, 0.3) is 0 Å². The second kappa shape index (κ2) is 8.63. The molecule has 19 heavy (non-hydrogen) atoms. The molecule has 1 aromatic carbocycles. The molecule has 5 nitrogen and oxygen atoms in total. The van der Waals surface area contributed by atoms with E-state index in [1.165, 1.54) is 7.11 Å². The highest BCUT2D eigenvalue weighted by atomic mass is 16.5. The molecular formula is C14H21NO4. The zero-order valence-electron chi connectivity index (χ0n) is 11.4. The van der Waals surface area contributed by atoms with Gasteiger partial charge in [-0.25, -0.2) is 0 Å². The fraction of sp³-hybridized carbons (Fsp3) is 0.500. The molecule has 0 aliphatic rings. The lowest BCUT2D eigenvalue weighted by molar-refractivity contribution is 0.0587. The highest BCUT2D eigenvalue weighted by Crippen LogP contribution is 2.05. The summed E-state index contributed by atoms with van der Waals surface area (Å²) in [4.78, 5) is 11.8. The van der Waals surface area contributed by atoms with E-state index in [1.54, 1.807) is 19.2 Å². The Morgan fingerprint density at radius 2 is 1.95 bits per heavy atom. The highest BCUT2D eigenvalue weighted by molar-refractivity contribution is 5.94. The summed E-state index contributed by atoms with van der Waals surface area (Å²) in [6.45, 7) is 1.23. The Bertz CT molecular complexity index is 378. The molecule has 0 spiro atoms. The maximum atomic E-state index is 11.8. The average molecular weight is 267 g/mol. The minimum atomic E-state index is -0.547. The number of rotatable bonds is 8. The summed E-state index contributed by atoms with van der Waals surface area (Å²) in [5.74, 6) is -0.145. The van der Waals surface area contributed by atoms with Gasteiger partial charge in [0.2, 0.25) is 0 Å². The van der Waals surface area contributed by atoms with Crippen molar-refractivity contribution in [1.82, 2.24) is 5.32 Å². The minimum Gasteiger partial charge on any atom is -0.391 e. The van der Waals surface area contributed by atoms with Gasteiger partial charge in [-0.1, -0.05) is 12.1 Å². The number of ether oxygens (including phenoxy) is 2. The molecule has 1 unspecified atom stereocenters. The number of benzene rings is 1. The molecule has 2 N–H and O–H groups in total. The minimum absolute atomic E-state index is 0.145. The van der Waals surface area contributed by atoms with Crippen molar-refractivity contribution >= 4 is 5.91 Å². The molecule has 0 aliphatic carbocycles. The quantitative estimate of drug-likeness (QED) is 0.736. The topological polar surface area (TPSA) is 67.8 Å². The first-order valence-corrected chi connectivity index (χ1v) is 6.20. The Hall–Kier alpha value is -1.43. The Balaban J connectivity index is 2.36. The molecule has 1 aromatic rings. The first-order valence-electron chi connectivity index (χ1n) is 6.20. The summed E-state index contributed by atoms with van der Waals surface area (Å²) in [5, 5.41) is 12.2. The normalized spacial score (nSPS) is 12.2. The number of amides is 1. The second-order valence-corrected chi connectivity index (χ2v) is 4.28. The van der Waals surface area contributed by atoms with Crippen LogP contribution in [0.4, 0.5) is 0 Å². The molecule has 0 radical (unpaired) electrons. The number of aliphatic hydroxyl groups excluding tert-OH is 1. The number of hydrogen-bond acceptors (Lipinski definition) is 4. The van der Waals surface area contributed by atoms with Crippen molar-refractivity contribution in [2.24, 2.45) is 0 Å². The number of methoxy groups -OCH3 is 2. The number of hydrogen-bond donors (Lipinski definition) is 2. The van der Waals surface area contributed by atoms with Crippen LogP contribution in [0.2, 0.25) is 0 Å². The van der Waals surface area contributed by atoms with Crippen molar-refractivity contribution in [2.75, 3.05) is 27.4 Å². The van der Waals surface area contributed by atoms with Crippen molar-refractivity contribution < 1.29 is 19.4 Å². The summed E-state index contributed by atoms with van der Waals surface area (Å²) in [6, 6.07) is 7.24. The van der Waals surface area contributed by atoms with E-state index in [-0.39, 0.29) is 12.5 Å². The van der Waals surface area contributed by atoms with Crippen LogP contribution in [0.3, 0.4) is 0 Å². The van der Waals surface area contributed by atoms with Crippen molar-refractivity contribution in [1.29, 1.82) is 0 Å². The van der Waals surface area contributed by atoms with Crippen molar-refractivity contribution in [3.63, 3.8) is 0 Å². The lowest BCUT2D eigenvalue weighted by Gasteiger charge is -2.10. The van der Waals surface area contributed by atoms with Crippen LogP contribution in [0.1, 0.15) is 22.3 Å². The number of nitrogens with one attached hydrogen (secondary N) is 1. The van der Waals surface area contributed by atoms with Crippen LogP contribution in [-0.4, -0.2) is 44.5 Å².